The highest BCUT2D eigenvalue weighted by molar-refractivity contribution is 7.14. The second-order valence-corrected chi connectivity index (χ2v) is 8.58. The van der Waals surface area contributed by atoms with Crippen molar-refractivity contribution >= 4 is 34.0 Å². The SMILES string of the molecule is Cc1cccc(Nc2nc(C(=O)N3CCCC(C(=O)NCCN(C)C)C3)cs2)c1. The molecule has 1 aliphatic rings. The molecule has 2 aromatic rings. The summed E-state index contributed by atoms with van der Waals surface area (Å²) in [6, 6.07) is 8.02. The number of nitrogens with one attached hydrogen (secondary N) is 2. The van der Waals surface area contributed by atoms with E-state index in [1.165, 1.54) is 11.3 Å². The van der Waals surface area contributed by atoms with E-state index in [4.69, 9.17) is 0 Å². The van der Waals surface area contributed by atoms with Gasteiger partial charge in [-0.15, -0.1) is 11.3 Å². The normalized spacial score (nSPS) is 16.7. The van der Waals surface area contributed by atoms with E-state index < -0.39 is 0 Å². The largest absolute Gasteiger partial charge is 0.355 e. The lowest BCUT2D eigenvalue weighted by Gasteiger charge is -2.31. The molecule has 156 valence electrons. The molecule has 3 rings (SSSR count). The second kappa shape index (κ2) is 9.84. The molecule has 1 saturated heterocycles. The van der Waals surface area contributed by atoms with Gasteiger partial charge in [-0.2, -0.15) is 0 Å². The highest BCUT2D eigenvalue weighted by atomic mass is 32.1. The fourth-order valence-corrected chi connectivity index (χ4v) is 4.06. The predicted octanol–water partition coefficient (Wildman–Crippen LogP) is 2.73. The fourth-order valence-electron chi connectivity index (χ4n) is 3.36. The maximum atomic E-state index is 12.9. The summed E-state index contributed by atoms with van der Waals surface area (Å²) >= 11 is 1.41. The first-order valence-electron chi connectivity index (χ1n) is 9.93. The number of likely N-dealkylation sites (tertiary alicyclic amines) is 1. The molecule has 0 aliphatic carbocycles. The number of thiazole rings is 1. The monoisotopic (exact) mass is 415 g/mol. The van der Waals surface area contributed by atoms with Crippen molar-refractivity contribution in [3.05, 3.63) is 40.9 Å². The summed E-state index contributed by atoms with van der Waals surface area (Å²) in [5.74, 6) is -0.229. The maximum Gasteiger partial charge on any atom is 0.273 e. The number of hydrogen-bond donors (Lipinski definition) is 2. The van der Waals surface area contributed by atoms with Crippen LogP contribution in [0.15, 0.2) is 29.6 Å². The van der Waals surface area contributed by atoms with Crippen LogP contribution in [-0.4, -0.2) is 66.9 Å². The zero-order valence-corrected chi connectivity index (χ0v) is 18.1. The number of benzene rings is 1. The molecule has 1 atom stereocenters. The number of anilines is 2. The summed E-state index contributed by atoms with van der Waals surface area (Å²) in [4.78, 5) is 33.6. The van der Waals surface area contributed by atoms with Gasteiger partial charge in [-0.1, -0.05) is 12.1 Å². The number of nitrogens with zero attached hydrogens (tertiary/aromatic N) is 3. The number of aryl methyl sites for hydroxylation is 1. The van der Waals surface area contributed by atoms with Gasteiger partial charge in [0.05, 0.1) is 5.92 Å². The Kier molecular flexibility index (Phi) is 7.22. The van der Waals surface area contributed by atoms with E-state index in [2.05, 4.69) is 15.6 Å². The van der Waals surface area contributed by atoms with Crippen LogP contribution >= 0.6 is 11.3 Å². The third-order valence-electron chi connectivity index (χ3n) is 4.93. The highest BCUT2D eigenvalue weighted by Gasteiger charge is 2.29. The van der Waals surface area contributed by atoms with Crippen molar-refractivity contribution in [1.82, 2.24) is 20.1 Å². The molecule has 0 radical (unpaired) electrons. The van der Waals surface area contributed by atoms with Crippen molar-refractivity contribution in [3.8, 4) is 0 Å². The van der Waals surface area contributed by atoms with Gasteiger partial charge in [-0.05, 0) is 51.6 Å². The summed E-state index contributed by atoms with van der Waals surface area (Å²) in [5, 5.41) is 8.70. The number of amides is 2. The van der Waals surface area contributed by atoms with Gasteiger partial charge in [0.25, 0.3) is 5.91 Å². The minimum atomic E-state index is -0.154. The van der Waals surface area contributed by atoms with Crippen LogP contribution in [0.2, 0.25) is 0 Å². The lowest BCUT2D eigenvalue weighted by atomic mass is 9.97. The Morgan fingerprint density at radius 1 is 1.34 bits per heavy atom. The van der Waals surface area contributed by atoms with Crippen LogP contribution in [0.3, 0.4) is 0 Å². The van der Waals surface area contributed by atoms with E-state index in [9.17, 15) is 9.59 Å². The third-order valence-corrected chi connectivity index (χ3v) is 5.69. The van der Waals surface area contributed by atoms with E-state index in [-0.39, 0.29) is 17.7 Å². The molecule has 29 heavy (non-hydrogen) atoms. The van der Waals surface area contributed by atoms with Crippen molar-refractivity contribution in [1.29, 1.82) is 0 Å². The van der Waals surface area contributed by atoms with Crippen molar-refractivity contribution in [2.45, 2.75) is 19.8 Å². The Hall–Kier alpha value is -2.45. The number of carbonyl (C=O) groups excluding carboxylic acids is 2. The van der Waals surface area contributed by atoms with E-state index in [0.29, 0.717) is 30.5 Å². The minimum absolute atomic E-state index is 0.0319. The standard InChI is InChI=1S/C21H29N5O2S/c1-15-6-4-8-17(12-15)23-21-24-18(14-29-21)20(28)26-10-5-7-16(13-26)19(27)22-9-11-25(2)3/h4,6,8,12,14,16H,5,7,9-11,13H2,1-3H3,(H,22,27)(H,23,24). The van der Waals surface area contributed by atoms with E-state index in [1.807, 2.05) is 50.2 Å². The molecule has 2 N–H and O–H groups in total. The van der Waals surface area contributed by atoms with Crippen molar-refractivity contribution in [3.63, 3.8) is 0 Å². The van der Waals surface area contributed by atoms with Gasteiger partial charge < -0.3 is 20.4 Å². The van der Waals surface area contributed by atoms with Gasteiger partial charge in [-0.25, -0.2) is 4.98 Å². The second-order valence-electron chi connectivity index (χ2n) is 7.72. The quantitative estimate of drug-likeness (QED) is 0.727. The molecule has 7 nitrogen and oxygen atoms in total. The summed E-state index contributed by atoms with van der Waals surface area (Å²) in [5.41, 5.74) is 2.54. The first-order chi connectivity index (χ1) is 13.9. The molecule has 2 heterocycles. The van der Waals surface area contributed by atoms with Crippen LogP contribution in [0, 0.1) is 12.8 Å². The molecule has 1 aromatic carbocycles. The molecular weight excluding hydrogens is 386 g/mol. The van der Waals surface area contributed by atoms with Crippen LogP contribution in [-0.2, 0) is 4.79 Å². The topological polar surface area (TPSA) is 77.6 Å². The number of hydrogen-bond acceptors (Lipinski definition) is 6. The van der Waals surface area contributed by atoms with Gasteiger partial charge in [0, 0.05) is 37.2 Å². The third kappa shape index (κ3) is 6.01. The smallest absolute Gasteiger partial charge is 0.273 e. The predicted molar refractivity (Wildman–Crippen MR) is 117 cm³/mol. The Morgan fingerprint density at radius 3 is 2.93 bits per heavy atom. The average molecular weight is 416 g/mol. The van der Waals surface area contributed by atoms with Crippen LogP contribution < -0.4 is 10.6 Å². The number of rotatable bonds is 7. The molecule has 1 aromatic heterocycles. The maximum absolute atomic E-state index is 12.9. The first-order valence-corrected chi connectivity index (χ1v) is 10.8. The average Bonchev–Trinajstić information content (AvgIpc) is 3.15. The Morgan fingerprint density at radius 2 is 2.17 bits per heavy atom. The van der Waals surface area contributed by atoms with E-state index in [1.54, 1.807) is 10.3 Å². The Bertz CT molecular complexity index is 851. The van der Waals surface area contributed by atoms with E-state index >= 15 is 0 Å². The molecule has 0 saturated carbocycles. The van der Waals surface area contributed by atoms with Gasteiger partial charge in [0.15, 0.2) is 5.13 Å². The van der Waals surface area contributed by atoms with Gasteiger partial charge >= 0.3 is 0 Å². The number of carbonyl (C=O) groups is 2. The Labute approximate surface area is 176 Å². The van der Waals surface area contributed by atoms with E-state index in [0.717, 1.165) is 30.6 Å². The fraction of sp³-hybridized carbons (Fsp3) is 0.476. The summed E-state index contributed by atoms with van der Waals surface area (Å²) in [6.07, 6.45) is 1.64. The highest BCUT2D eigenvalue weighted by Crippen LogP contribution is 2.24. The van der Waals surface area contributed by atoms with Gasteiger partial charge in [0.1, 0.15) is 5.69 Å². The van der Waals surface area contributed by atoms with Crippen LogP contribution in [0.4, 0.5) is 10.8 Å². The van der Waals surface area contributed by atoms with Crippen molar-refractivity contribution < 1.29 is 9.59 Å². The summed E-state index contributed by atoms with van der Waals surface area (Å²) in [6.45, 7) is 4.57. The molecule has 2 amide bonds. The molecular formula is C21H29N5O2S. The van der Waals surface area contributed by atoms with Crippen LogP contribution in [0.1, 0.15) is 28.9 Å². The van der Waals surface area contributed by atoms with Gasteiger partial charge in [-0.3, -0.25) is 9.59 Å². The molecule has 8 heteroatoms. The minimum Gasteiger partial charge on any atom is -0.355 e. The van der Waals surface area contributed by atoms with Crippen molar-refractivity contribution in [2.24, 2.45) is 5.92 Å². The van der Waals surface area contributed by atoms with Gasteiger partial charge in [0.2, 0.25) is 5.91 Å². The van der Waals surface area contributed by atoms with Crippen molar-refractivity contribution in [2.75, 3.05) is 45.6 Å². The number of aromatic nitrogens is 1. The van der Waals surface area contributed by atoms with Crippen LogP contribution in [0.25, 0.3) is 0 Å². The van der Waals surface area contributed by atoms with Crippen LogP contribution in [0.5, 0.6) is 0 Å². The first kappa shape index (κ1) is 21.3. The summed E-state index contributed by atoms with van der Waals surface area (Å²) in [7, 11) is 3.95. The lowest BCUT2D eigenvalue weighted by molar-refractivity contribution is -0.126. The Balaban J connectivity index is 1.57. The number of likely N-dealkylation sites (N-methyl/N-ethyl adjacent to an activating group) is 1. The number of piperidine rings is 1. The zero-order chi connectivity index (χ0) is 20.8. The molecule has 1 unspecified atom stereocenters. The molecule has 1 aliphatic heterocycles. The zero-order valence-electron chi connectivity index (χ0n) is 17.3. The molecule has 0 bridgehead atoms. The summed E-state index contributed by atoms with van der Waals surface area (Å²) < 4.78 is 0. The lowest BCUT2D eigenvalue weighted by Crippen LogP contribution is -2.46. The molecule has 0 spiro atoms. The molecule has 1 fully saturated rings.